The number of β-amino-alcohol motifs (C(OH)–C–C–N with tert-alkyl or cyclic N) is 1. The third-order valence-electron chi connectivity index (χ3n) is 4.76. The lowest BCUT2D eigenvalue weighted by Crippen LogP contribution is -2.39. The Balaban J connectivity index is 1.63. The molecule has 5 heteroatoms. The van der Waals surface area contributed by atoms with E-state index in [1.165, 1.54) is 25.3 Å². The molecule has 1 heterocycles. The summed E-state index contributed by atoms with van der Waals surface area (Å²) in [5.41, 5.74) is 3.06. The van der Waals surface area contributed by atoms with Gasteiger partial charge < -0.3 is 19.5 Å². The number of anilines is 1. The van der Waals surface area contributed by atoms with Crippen LogP contribution in [-0.4, -0.2) is 43.3 Å². The van der Waals surface area contributed by atoms with Gasteiger partial charge in [0.1, 0.15) is 12.7 Å². The summed E-state index contributed by atoms with van der Waals surface area (Å²) in [5, 5.41) is 10.5. The Hall–Kier alpha value is -2.53. The average molecular weight is 355 g/mol. The molecule has 1 aliphatic rings. The minimum Gasteiger partial charge on any atom is -0.493 e. The van der Waals surface area contributed by atoms with Crippen LogP contribution in [0.5, 0.6) is 11.5 Å². The molecule has 1 N–H and O–H groups in total. The summed E-state index contributed by atoms with van der Waals surface area (Å²) >= 11 is 0. The lowest BCUT2D eigenvalue weighted by atomic mass is 10.1. The van der Waals surface area contributed by atoms with Crippen LogP contribution in [0.15, 0.2) is 42.5 Å². The Morgan fingerprint density at radius 2 is 2.04 bits per heavy atom. The zero-order valence-electron chi connectivity index (χ0n) is 15.4. The Morgan fingerprint density at radius 3 is 2.77 bits per heavy atom. The first-order chi connectivity index (χ1) is 12.5. The molecule has 0 spiro atoms. The van der Waals surface area contributed by atoms with Gasteiger partial charge in [-0.25, -0.2) is 0 Å². The summed E-state index contributed by atoms with van der Waals surface area (Å²) < 4.78 is 11.0. The van der Waals surface area contributed by atoms with Gasteiger partial charge in [0.05, 0.1) is 7.11 Å². The van der Waals surface area contributed by atoms with E-state index in [4.69, 9.17) is 9.47 Å². The molecule has 0 unspecified atom stereocenters. The van der Waals surface area contributed by atoms with Gasteiger partial charge in [0.15, 0.2) is 17.3 Å². The molecular weight excluding hydrogens is 330 g/mol. The number of rotatable bonds is 7. The smallest absolute Gasteiger partial charge is 0.161 e. The number of carbonyl (C=O) groups excluding carboxylic acids is 1. The summed E-state index contributed by atoms with van der Waals surface area (Å²) in [4.78, 5) is 13.7. The van der Waals surface area contributed by atoms with Crippen molar-refractivity contribution in [2.75, 3.05) is 25.2 Å². The van der Waals surface area contributed by atoms with Crippen molar-refractivity contribution >= 4 is 11.5 Å². The zero-order valence-corrected chi connectivity index (χ0v) is 15.4. The Labute approximate surface area is 154 Å². The van der Waals surface area contributed by atoms with E-state index in [0.29, 0.717) is 29.6 Å². The number of ketones is 1. The monoisotopic (exact) mass is 355 g/mol. The highest BCUT2D eigenvalue weighted by atomic mass is 16.5. The van der Waals surface area contributed by atoms with E-state index >= 15 is 0 Å². The van der Waals surface area contributed by atoms with Crippen LogP contribution in [0.1, 0.15) is 29.8 Å². The van der Waals surface area contributed by atoms with Crippen molar-refractivity contribution in [1.82, 2.24) is 0 Å². The van der Waals surface area contributed by atoms with Gasteiger partial charge in [-0.15, -0.1) is 0 Å². The molecule has 0 fully saturated rings. The van der Waals surface area contributed by atoms with Crippen LogP contribution in [0, 0.1) is 0 Å². The first kappa shape index (κ1) is 18.3. The van der Waals surface area contributed by atoms with Gasteiger partial charge in [0, 0.05) is 23.8 Å². The minimum atomic E-state index is -0.638. The highest BCUT2D eigenvalue weighted by Gasteiger charge is 2.27. The van der Waals surface area contributed by atoms with Crippen molar-refractivity contribution in [3.8, 4) is 11.5 Å². The molecule has 0 amide bonds. The van der Waals surface area contributed by atoms with Crippen molar-refractivity contribution in [3.05, 3.63) is 53.6 Å². The lowest BCUT2D eigenvalue weighted by molar-refractivity contribution is 0.101. The van der Waals surface area contributed by atoms with E-state index in [9.17, 15) is 9.90 Å². The molecule has 1 aliphatic heterocycles. The van der Waals surface area contributed by atoms with Gasteiger partial charge in [-0.05, 0) is 50.1 Å². The summed E-state index contributed by atoms with van der Waals surface area (Å²) in [6.45, 7) is 4.33. The zero-order chi connectivity index (χ0) is 18.7. The normalized spacial score (nSPS) is 16.9. The highest BCUT2D eigenvalue weighted by Crippen LogP contribution is 2.32. The topological polar surface area (TPSA) is 59.0 Å². The number of fused-ring (bicyclic) bond motifs is 1. The molecule has 138 valence electrons. The SMILES string of the molecule is COc1cc(C(C)=O)ccc1OC[C@@H](O)CN1c2ccccc2C[C@@H]1C. The average Bonchev–Trinajstić information content (AvgIpc) is 2.95. The molecule has 0 aromatic heterocycles. The number of nitrogens with zero attached hydrogens (tertiary/aromatic N) is 1. The first-order valence-corrected chi connectivity index (χ1v) is 8.84. The molecule has 26 heavy (non-hydrogen) atoms. The summed E-state index contributed by atoms with van der Waals surface area (Å²) in [6.07, 6.45) is 0.352. The Kier molecular flexibility index (Phi) is 5.47. The summed E-state index contributed by atoms with van der Waals surface area (Å²) in [5.74, 6) is 0.979. The number of ether oxygens (including phenoxy) is 2. The number of hydrogen-bond donors (Lipinski definition) is 1. The van der Waals surface area contributed by atoms with Gasteiger partial charge in [-0.1, -0.05) is 18.2 Å². The van der Waals surface area contributed by atoms with E-state index in [2.05, 4.69) is 24.0 Å². The van der Waals surface area contributed by atoms with Crippen molar-refractivity contribution in [2.24, 2.45) is 0 Å². The predicted molar refractivity (Wildman–Crippen MR) is 101 cm³/mol. The van der Waals surface area contributed by atoms with Gasteiger partial charge in [-0.3, -0.25) is 4.79 Å². The first-order valence-electron chi connectivity index (χ1n) is 8.84. The van der Waals surface area contributed by atoms with E-state index in [1.807, 2.05) is 12.1 Å². The van der Waals surface area contributed by atoms with Crippen molar-refractivity contribution in [2.45, 2.75) is 32.4 Å². The number of para-hydroxylation sites is 1. The molecule has 3 rings (SSSR count). The number of benzene rings is 2. The Morgan fingerprint density at radius 1 is 1.27 bits per heavy atom. The molecule has 0 radical (unpaired) electrons. The quantitative estimate of drug-likeness (QED) is 0.774. The Bertz CT molecular complexity index is 789. The van der Waals surface area contributed by atoms with E-state index in [-0.39, 0.29) is 12.4 Å². The molecular formula is C21H25NO4. The van der Waals surface area contributed by atoms with Crippen LogP contribution < -0.4 is 14.4 Å². The number of hydrogen-bond acceptors (Lipinski definition) is 5. The third kappa shape index (κ3) is 3.83. The largest absolute Gasteiger partial charge is 0.493 e. The lowest BCUT2D eigenvalue weighted by Gasteiger charge is -2.27. The van der Waals surface area contributed by atoms with E-state index in [0.717, 1.165) is 6.42 Å². The van der Waals surface area contributed by atoms with Crippen molar-refractivity contribution in [3.63, 3.8) is 0 Å². The van der Waals surface area contributed by atoms with Crippen LogP contribution in [0.2, 0.25) is 0 Å². The number of aliphatic hydroxyl groups is 1. The van der Waals surface area contributed by atoms with Crippen LogP contribution in [-0.2, 0) is 6.42 Å². The van der Waals surface area contributed by atoms with Gasteiger partial charge in [0.25, 0.3) is 0 Å². The summed E-state index contributed by atoms with van der Waals surface area (Å²) in [7, 11) is 1.53. The predicted octanol–water partition coefficient (Wildman–Crippen LogP) is 3.09. The van der Waals surface area contributed by atoms with Gasteiger partial charge in [-0.2, -0.15) is 0 Å². The second kappa shape index (κ2) is 7.79. The second-order valence-electron chi connectivity index (χ2n) is 6.72. The maximum absolute atomic E-state index is 11.5. The molecule has 0 saturated carbocycles. The molecule has 0 saturated heterocycles. The standard InChI is InChI=1S/C21H25NO4/c1-14-10-17-6-4-5-7-19(17)22(14)12-18(24)13-26-20-9-8-16(15(2)23)11-21(20)25-3/h4-9,11,14,18,24H,10,12-13H2,1-3H3/t14-,18-/m0/s1. The van der Waals surface area contributed by atoms with Crippen molar-refractivity contribution in [1.29, 1.82) is 0 Å². The molecule has 0 aliphatic carbocycles. The highest BCUT2D eigenvalue weighted by molar-refractivity contribution is 5.94. The fourth-order valence-corrected chi connectivity index (χ4v) is 3.38. The maximum Gasteiger partial charge on any atom is 0.161 e. The number of Topliss-reactive ketones (excluding diaryl/α,β-unsaturated/α-hetero) is 1. The molecule has 5 nitrogen and oxygen atoms in total. The van der Waals surface area contributed by atoms with Gasteiger partial charge in [0.2, 0.25) is 0 Å². The number of carbonyl (C=O) groups is 1. The fraction of sp³-hybridized carbons (Fsp3) is 0.381. The molecule has 2 aromatic carbocycles. The molecule has 2 aromatic rings. The number of aliphatic hydroxyl groups excluding tert-OH is 1. The molecule has 2 atom stereocenters. The van der Waals surface area contributed by atoms with Crippen LogP contribution in [0.25, 0.3) is 0 Å². The fourth-order valence-electron chi connectivity index (χ4n) is 3.38. The van der Waals surface area contributed by atoms with Crippen molar-refractivity contribution < 1.29 is 19.4 Å². The van der Waals surface area contributed by atoms with Gasteiger partial charge >= 0.3 is 0 Å². The van der Waals surface area contributed by atoms with Crippen LogP contribution in [0.4, 0.5) is 5.69 Å². The van der Waals surface area contributed by atoms with Crippen LogP contribution >= 0.6 is 0 Å². The van der Waals surface area contributed by atoms with Crippen LogP contribution in [0.3, 0.4) is 0 Å². The third-order valence-corrected chi connectivity index (χ3v) is 4.76. The van der Waals surface area contributed by atoms with E-state index in [1.54, 1.807) is 18.2 Å². The second-order valence-corrected chi connectivity index (χ2v) is 6.72. The minimum absolute atomic E-state index is 0.0310. The van der Waals surface area contributed by atoms with E-state index < -0.39 is 6.10 Å². The number of methoxy groups -OCH3 is 1. The summed E-state index contributed by atoms with van der Waals surface area (Å²) in [6, 6.07) is 13.7. The molecule has 0 bridgehead atoms. The maximum atomic E-state index is 11.5.